The van der Waals surface area contributed by atoms with Gasteiger partial charge in [0.05, 0.1) is 6.61 Å². The lowest BCUT2D eigenvalue weighted by Crippen LogP contribution is -2.17. The lowest BCUT2D eigenvalue weighted by atomic mass is 10.0. The molecule has 0 radical (unpaired) electrons. The molecule has 5 heteroatoms. The van der Waals surface area contributed by atoms with Gasteiger partial charge >= 0.3 is 0 Å². The second-order valence-electron chi connectivity index (χ2n) is 5.01. The summed E-state index contributed by atoms with van der Waals surface area (Å²) < 4.78 is 5.43. The van der Waals surface area contributed by atoms with Crippen molar-refractivity contribution in [2.45, 2.75) is 33.6 Å². The number of aryl methyl sites for hydroxylation is 1. The first-order valence-corrected chi connectivity index (χ1v) is 8.19. The number of halogens is 1. The number of carbonyl (C=O) groups excluding carboxylic acids is 1. The summed E-state index contributed by atoms with van der Waals surface area (Å²) in [5.74, 6) is 0.0961. The van der Waals surface area contributed by atoms with E-state index in [1.54, 1.807) is 18.3 Å². The third-order valence-corrected chi connectivity index (χ3v) is 3.97. The molecule has 0 spiro atoms. The van der Waals surface area contributed by atoms with Crippen LogP contribution in [-0.4, -0.2) is 17.5 Å². The third-order valence-electron chi connectivity index (χ3n) is 3.61. The average molecular weight is 333 g/mol. The molecule has 23 heavy (non-hydrogen) atoms. The highest BCUT2D eigenvalue weighted by molar-refractivity contribution is 6.32. The monoisotopic (exact) mass is 332 g/mol. The van der Waals surface area contributed by atoms with Gasteiger partial charge in [-0.05, 0) is 49.1 Å². The molecule has 0 saturated carbocycles. The number of ether oxygens (including phenoxy) is 1. The number of pyridine rings is 1. The second kappa shape index (κ2) is 7.97. The van der Waals surface area contributed by atoms with Crippen molar-refractivity contribution in [1.82, 2.24) is 4.98 Å². The van der Waals surface area contributed by atoms with E-state index in [0.717, 1.165) is 29.7 Å². The Kier molecular flexibility index (Phi) is 5.99. The molecule has 0 aliphatic rings. The Morgan fingerprint density at radius 3 is 2.65 bits per heavy atom. The number of anilines is 1. The molecule has 2 rings (SSSR count). The standard InChI is InChI=1S/C18H21ClN2O2/c1-4-12-9-10-15(19)13(5-2)16(12)21-17(22)14-8-7-11-20-18(14)23-6-3/h7-11H,4-6H2,1-3H3,(H,21,22). The van der Waals surface area contributed by atoms with Crippen LogP contribution < -0.4 is 10.1 Å². The van der Waals surface area contributed by atoms with Crippen molar-refractivity contribution < 1.29 is 9.53 Å². The predicted molar refractivity (Wildman–Crippen MR) is 93.6 cm³/mol. The van der Waals surface area contributed by atoms with Gasteiger partial charge in [-0.2, -0.15) is 0 Å². The van der Waals surface area contributed by atoms with E-state index in [0.29, 0.717) is 23.1 Å². The fraction of sp³-hybridized carbons (Fsp3) is 0.333. The zero-order valence-corrected chi connectivity index (χ0v) is 14.4. The van der Waals surface area contributed by atoms with Gasteiger partial charge in [-0.25, -0.2) is 4.98 Å². The average Bonchev–Trinajstić information content (AvgIpc) is 2.56. The molecule has 0 aliphatic carbocycles. The van der Waals surface area contributed by atoms with Crippen LogP contribution in [0.3, 0.4) is 0 Å². The van der Waals surface area contributed by atoms with Crippen molar-refractivity contribution >= 4 is 23.2 Å². The number of nitrogens with zero attached hydrogens (tertiary/aromatic N) is 1. The van der Waals surface area contributed by atoms with Gasteiger partial charge in [-0.1, -0.05) is 31.5 Å². The summed E-state index contributed by atoms with van der Waals surface area (Å²) in [5, 5.41) is 3.66. The van der Waals surface area contributed by atoms with E-state index >= 15 is 0 Å². The van der Waals surface area contributed by atoms with E-state index in [4.69, 9.17) is 16.3 Å². The van der Waals surface area contributed by atoms with Crippen LogP contribution in [0.15, 0.2) is 30.5 Å². The SMILES string of the molecule is CCOc1ncccc1C(=O)Nc1c(CC)ccc(Cl)c1CC. The van der Waals surface area contributed by atoms with Crippen LogP contribution in [0.1, 0.15) is 42.3 Å². The highest BCUT2D eigenvalue weighted by atomic mass is 35.5. The zero-order valence-electron chi connectivity index (χ0n) is 13.6. The Morgan fingerprint density at radius 1 is 1.22 bits per heavy atom. The minimum Gasteiger partial charge on any atom is -0.477 e. The third kappa shape index (κ3) is 3.82. The van der Waals surface area contributed by atoms with Crippen molar-refractivity contribution in [3.8, 4) is 5.88 Å². The van der Waals surface area contributed by atoms with Crippen molar-refractivity contribution in [2.75, 3.05) is 11.9 Å². The van der Waals surface area contributed by atoms with E-state index in [2.05, 4.69) is 10.3 Å². The highest BCUT2D eigenvalue weighted by Crippen LogP contribution is 2.30. The molecule has 0 bridgehead atoms. The van der Waals surface area contributed by atoms with Crippen molar-refractivity contribution in [1.29, 1.82) is 0 Å². The summed E-state index contributed by atoms with van der Waals surface area (Å²) >= 11 is 6.28. The van der Waals surface area contributed by atoms with Crippen LogP contribution in [0.2, 0.25) is 5.02 Å². The number of carbonyl (C=O) groups is 1. The quantitative estimate of drug-likeness (QED) is 0.846. The first-order chi connectivity index (χ1) is 11.1. The van der Waals surface area contributed by atoms with Crippen LogP contribution in [0.5, 0.6) is 5.88 Å². The summed E-state index contributed by atoms with van der Waals surface area (Å²) in [4.78, 5) is 16.8. The van der Waals surface area contributed by atoms with E-state index in [9.17, 15) is 4.79 Å². The summed E-state index contributed by atoms with van der Waals surface area (Å²) in [6.07, 6.45) is 3.16. The highest BCUT2D eigenvalue weighted by Gasteiger charge is 2.17. The topological polar surface area (TPSA) is 51.2 Å². The Balaban J connectivity index is 2.39. The predicted octanol–water partition coefficient (Wildman–Crippen LogP) is 4.51. The number of nitrogens with one attached hydrogen (secondary N) is 1. The molecule has 4 nitrogen and oxygen atoms in total. The van der Waals surface area contributed by atoms with Gasteiger partial charge in [0, 0.05) is 16.9 Å². The Bertz CT molecular complexity index is 701. The van der Waals surface area contributed by atoms with Crippen LogP contribution in [0.25, 0.3) is 0 Å². The number of benzene rings is 1. The maximum Gasteiger partial charge on any atom is 0.261 e. The molecule has 0 aliphatic heterocycles. The molecule has 1 N–H and O–H groups in total. The van der Waals surface area contributed by atoms with Crippen LogP contribution >= 0.6 is 11.6 Å². The van der Waals surface area contributed by atoms with Gasteiger partial charge in [0.25, 0.3) is 5.91 Å². The minimum atomic E-state index is -0.242. The maximum atomic E-state index is 12.7. The second-order valence-corrected chi connectivity index (χ2v) is 5.42. The molecule has 1 heterocycles. The van der Waals surface area contributed by atoms with E-state index in [-0.39, 0.29) is 5.91 Å². The zero-order chi connectivity index (χ0) is 16.8. The lowest BCUT2D eigenvalue weighted by molar-refractivity contribution is 0.102. The van der Waals surface area contributed by atoms with E-state index in [1.807, 2.05) is 32.9 Å². The number of rotatable bonds is 6. The number of hydrogen-bond donors (Lipinski definition) is 1. The number of aromatic nitrogens is 1. The van der Waals surface area contributed by atoms with Crippen molar-refractivity contribution in [2.24, 2.45) is 0 Å². The summed E-state index contributed by atoms with van der Waals surface area (Å²) in [7, 11) is 0. The Labute approximate surface area is 141 Å². The van der Waals surface area contributed by atoms with E-state index in [1.165, 1.54) is 0 Å². The fourth-order valence-electron chi connectivity index (χ4n) is 2.46. The molecule has 0 fully saturated rings. The van der Waals surface area contributed by atoms with Crippen molar-refractivity contribution in [3.63, 3.8) is 0 Å². The molecule has 0 saturated heterocycles. The van der Waals surface area contributed by atoms with Crippen molar-refractivity contribution in [3.05, 3.63) is 52.2 Å². The first-order valence-electron chi connectivity index (χ1n) is 7.81. The van der Waals surface area contributed by atoms with Gasteiger partial charge in [0.15, 0.2) is 0 Å². The summed E-state index contributed by atoms with van der Waals surface area (Å²) in [6, 6.07) is 7.25. The maximum absolute atomic E-state index is 12.7. The molecule has 122 valence electrons. The molecular formula is C18H21ClN2O2. The molecular weight excluding hydrogens is 312 g/mol. The van der Waals surface area contributed by atoms with Crippen LogP contribution in [0.4, 0.5) is 5.69 Å². The van der Waals surface area contributed by atoms with Gasteiger partial charge in [-0.3, -0.25) is 4.79 Å². The minimum absolute atomic E-state index is 0.242. The van der Waals surface area contributed by atoms with Gasteiger partial charge in [0.1, 0.15) is 5.56 Å². The number of amides is 1. The van der Waals surface area contributed by atoms with Gasteiger partial charge in [0.2, 0.25) is 5.88 Å². The first kappa shape index (κ1) is 17.3. The van der Waals surface area contributed by atoms with Gasteiger partial charge < -0.3 is 10.1 Å². The molecule has 1 aromatic heterocycles. The lowest BCUT2D eigenvalue weighted by Gasteiger charge is -2.16. The molecule has 1 aromatic carbocycles. The number of hydrogen-bond acceptors (Lipinski definition) is 3. The molecule has 0 atom stereocenters. The smallest absolute Gasteiger partial charge is 0.261 e. The molecule has 1 amide bonds. The summed E-state index contributed by atoms with van der Waals surface area (Å²) in [6.45, 7) is 6.38. The normalized spacial score (nSPS) is 10.4. The Morgan fingerprint density at radius 2 is 2.00 bits per heavy atom. The van der Waals surface area contributed by atoms with E-state index < -0.39 is 0 Å². The van der Waals surface area contributed by atoms with Crippen LogP contribution in [-0.2, 0) is 12.8 Å². The van der Waals surface area contributed by atoms with Gasteiger partial charge in [-0.15, -0.1) is 0 Å². The van der Waals surface area contributed by atoms with Crippen LogP contribution in [0, 0.1) is 0 Å². The fourth-order valence-corrected chi connectivity index (χ4v) is 2.75. The summed E-state index contributed by atoms with van der Waals surface area (Å²) in [5.41, 5.74) is 3.21. The Hall–Kier alpha value is -2.07. The molecule has 2 aromatic rings. The largest absolute Gasteiger partial charge is 0.477 e. The molecule has 0 unspecified atom stereocenters.